The number of rotatable bonds is 3. The number of para-hydroxylation sites is 2. The molecule has 0 saturated heterocycles. The van der Waals surface area contributed by atoms with Gasteiger partial charge in [-0.3, -0.25) is 4.79 Å². The number of carbonyl (C=O) groups excluding carboxylic acids is 1. The van der Waals surface area contributed by atoms with E-state index in [4.69, 9.17) is 0 Å². The van der Waals surface area contributed by atoms with E-state index in [0.717, 1.165) is 16.7 Å². The van der Waals surface area contributed by atoms with Gasteiger partial charge in [-0.15, -0.1) is 0 Å². The van der Waals surface area contributed by atoms with Gasteiger partial charge in [-0.1, -0.05) is 12.1 Å². The minimum Gasteiger partial charge on any atom is -0.357 e. The van der Waals surface area contributed by atoms with E-state index in [9.17, 15) is 4.79 Å². The maximum absolute atomic E-state index is 11.5. The molecular formula is C13H16N4O. The number of carbonyl (C=O) groups is 1. The molecule has 1 aromatic carbocycles. The van der Waals surface area contributed by atoms with Crippen molar-refractivity contribution in [3.8, 4) is 0 Å². The monoisotopic (exact) mass is 244 g/mol. The summed E-state index contributed by atoms with van der Waals surface area (Å²) in [6, 6.07) is 7.32. The first-order valence-corrected chi connectivity index (χ1v) is 5.83. The normalized spacial score (nSPS) is 12.2. The molecule has 5 heteroatoms. The predicted octanol–water partition coefficient (Wildman–Crippen LogP) is 1.48. The number of amides is 1. The molecule has 94 valence electrons. The molecule has 2 aromatic rings. The molecule has 0 saturated carbocycles. The Labute approximate surface area is 106 Å². The number of nitrogens with one attached hydrogen (secondary N) is 2. The van der Waals surface area contributed by atoms with Crippen LogP contribution in [0.4, 0.5) is 5.82 Å². The number of aromatic nitrogens is 2. The lowest BCUT2D eigenvalue weighted by molar-refractivity contribution is -0.121. The molecule has 1 amide bonds. The molecule has 0 spiro atoms. The molecule has 5 nitrogen and oxygen atoms in total. The van der Waals surface area contributed by atoms with Crippen LogP contribution >= 0.6 is 0 Å². The van der Waals surface area contributed by atoms with Crippen LogP contribution in [0, 0.1) is 6.92 Å². The third-order valence-electron chi connectivity index (χ3n) is 2.74. The van der Waals surface area contributed by atoms with Gasteiger partial charge in [0.15, 0.2) is 0 Å². The van der Waals surface area contributed by atoms with Gasteiger partial charge in [0.1, 0.15) is 11.9 Å². The lowest BCUT2D eigenvalue weighted by atomic mass is 10.2. The van der Waals surface area contributed by atoms with Crippen molar-refractivity contribution < 1.29 is 4.79 Å². The van der Waals surface area contributed by atoms with Gasteiger partial charge in [0.25, 0.3) is 0 Å². The maximum atomic E-state index is 11.5. The van der Waals surface area contributed by atoms with Crippen molar-refractivity contribution in [2.75, 3.05) is 12.4 Å². The third kappa shape index (κ3) is 2.40. The molecule has 1 atom stereocenters. The highest BCUT2D eigenvalue weighted by Crippen LogP contribution is 2.16. The fraction of sp³-hybridized carbons (Fsp3) is 0.308. The Hall–Kier alpha value is -2.17. The second kappa shape index (κ2) is 5.00. The SMILES string of the molecule is CNC(=O)C(C)Nc1nc2ccccc2nc1C. The molecule has 0 aliphatic carbocycles. The van der Waals surface area contributed by atoms with Crippen molar-refractivity contribution in [1.82, 2.24) is 15.3 Å². The molecule has 18 heavy (non-hydrogen) atoms. The Kier molecular flexibility index (Phi) is 3.41. The smallest absolute Gasteiger partial charge is 0.241 e. The third-order valence-corrected chi connectivity index (χ3v) is 2.74. The molecule has 1 heterocycles. The van der Waals surface area contributed by atoms with Gasteiger partial charge in [-0.2, -0.15) is 0 Å². The van der Waals surface area contributed by atoms with Gasteiger partial charge in [0.05, 0.1) is 16.7 Å². The summed E-state index contributed by atoms with van der Waals surface area (Å²) in [6.45, 7) is 3.66. The van der Waals surface area contributed by atoms with Gasteiger partial charge >= 0.3 is 0 Å². The lowest BCUT2D eigenvalue weighted by Gasteiger charge is -2.14. The van der Waals surface area contributed by atoms with Crippen LogP contribution < -0.4 is 10.6 Å². The average Bonchev–Trinajstić information content (AvgIpc) is 2.38. The van der Waals surface area contributed by atoms with Gasteiger partial charge in [0.2, 0.25) is 5.91 Å². The van der Waals surface area contributed by atoms with Crippen LogP contribution in [0.1, 0.15) is 12.6 Å². The van der Waals surface area contributed by atoms with E-state index in [-0.39, 0.29) is 11.9 Å². The van der Waals surface area contributed by atoms with Gasteiger partial charge in [-0.25, -0.2) is 9.97 Å². The zero-order valence-corrected chi connectivity index (χ0v) is 10.7. The number of anilines is 1. The van der Waals surface area contributed by atoms with Gasteiger partial charge in [0, 0.05) is 7.05 Å². The number of likely N-dealkylation sites (N-methyl/N-ethyl adjacent to an activating group) is 1. The van der Waals surface area contributed by atoms with Crippen molar-refractivity contribution in [2.24, 2.45) is 0 Å². The summed E-state index contributed by atoms with van der Waals surface area (Å²) in [5.41, 5.74) is 2.45. The molecule has 0 bridgehead atoms. The van der Waals surface area contributed by atoms with Gasteiger partial charge < -0.3 is 10.6 Å². The first kappa shape index (κ1) is 12.3. The molecule has 1 unspecified atom stereocenters. The Morgan fingerprint density at radius 3 is 2.44 bits per heavy atom. The number of hydrogen-bond acceptors (Lipinski definition) is 4. The molecule has 0 aliphatic heterocycles. The maximum Gasteiger partial charge on any atom is 0.241 e. The molecule has 0 fully saturated rings. The first-order valence-electron chi connectivity index (χ1n) is 5.83. The molecule has 0 aliphatic rings. The molecule has 0 radical (unpaired) electrons. The van der Waals surface area contributed by atoms with E-state index in [1.165, 1.54) is 0 Å². The zero-order chi connectivity index (χ0) is 13.1. The Morgan fingerprint density at radius 2 is 1.83 bits per heavy atom. The van der Waals surface area contributed by atoms with Crippen molar-refractivity contribution in [3.63, 3.8) is 0 Å². The minimum absolute atomic E-state index is 0.0793. The summed E-state index contributed by atoms with van der Waals surface area (Å²) >= 11 is 0. The summed E-state index contributed by atoms with van der Waals surface area (Å²) in [4.78, 5) is 20.4. The molecule has 2 N–H and O–H groups in total. The summed E-state index contributed by atoms with van der Waals surface area (Å²) < 4.78 is 0. The second-order valence-corrected chi connectivity index (χ2v) is 4.13. The van der Waals surface area contributed by atoms with E-state index in [1.54, 1.807) is 14.0 Å². The predicted molar refractivity (Wildman–Crippen MR) is 71.4 cm³/mol. The largest absolute Gasteiger partial charge is 0.357 e. The summed E-state index contributed by atoms with van der Waals surface area (Å²) in [5.74, 6) is 0.564. The first-order chi connectivity index (χ1) is 8.61. The fourth-order valence-electron chi connectivity index (χ4n) is 1.71. The highest BCUT2D eigenvalue weighted by Gasteiger charge is 2.13. The van der Waals surface area contributed by atoms with E-state index < -0.39 is 0 Å². The van der Waals surface area contributed by atoms with Crippen LogP contribution in [0.15, 0.2) is 24.3 Å². The average molecular weight is 244 g/mol. The fourth-order valence-corrected chi connectivity index (χ4v) is 1.71. The highest BCUT2D eigenvalue weighted by molar-refractivity contribution is 5.84. The van der Waals surface area contributed by atoms with Crippen LogP contribution in [-0.4, -0.2) is 29.0 Å². The number of fused-ring (bicyclic) bond motifs is 1. The highest BCUT2D eigenvalue weighted by atomic mass is 16.2. The standard InChI is InChI=1S/C13H16N4O/c1-8-12(16-9(2)13(18)14-3)17-11-7-5-4-6-10(11)15-8/h4-7,9H,1-3H3,(H,14,18)(H,16,17). The molecular weight excluding hydrogens is 228 g/mol. The van der Waals surface area contributed by atoms with Crippen molar-refractivity contribution in [1.29, 1.82) is 0 Å². The summed E-state index contributed by atoms with van der Waals surface area (Å²) in [6.07, 6.45) is 0. The van der Waals surface area contributed by atoms with Crippen LogP contribution in [-0.2, 0) is 4.79 Å². The Morgan fingerprint density at radius 1 is 1.22 bits per heavy atom. The van der Waals surface area contributed by atoms with E-state index >= 15 is 0 Å². The van der Waals surface area contributed by atoms with Crippen LogP contribution in [0.2, 0.25) is 0 Å². The van der Waals surface area contributed by atoms with E-state index in [2.05, 4.69) is 20.6 Å². The number of nitrogens with zero attached hydrogens (tertiary/aromatic N) is 2. The van der Waals surface area contributed by atoms with Crippen LogP contribution in [0.5, 0.6) is 0 Å². The minimum atomic E-state index is -0.343. The summed E-state index contributed by atoms with van der Waals surface area (Å²) in [7, 11) is 1.61. The lowest BCUT2D eigenvalue weighted by Crippen LogP contribution is -2.35. The van der Waals surface area contributed by atoms with Crippen molar-refractivity contribution in [2.45, 2.75) is 19.9 Å². The number of aryl methyl sites for hydroxylation is 1. The second-order valence-electron chi connectivity index (χ2n) is 4.13. The molecule has 1 aromatic heterocycles. The van der Waals surface area contributed by atoms with E-state index in [1.807, 2.05) is 31.2 Å². The topological polar surface area (TPSA) is 66.9 Å². The van der Waals surface area contributed by atoms with Crippen LogP contribution in [0.25, 0.3) is 11.0 Å². The van der Waals surface area contributed by atoms with E-state index in [0.29, 0.717) is 5.82 Å². The van der Waals surface area contributed by atoms with Crippen molar-refractivity contribution in [3.05, 3.63) is 30.0 Å². The number of hydrogen-bond donors (Lipinski definition) is 2. The summed E-state index contributed by atoms with van der Waals surface area (Å²) in [5, 5.41) is 5.66. The van der Waals surface area contributed by atoms with Crippen LogP contribution in [0.3, 0.4) is 0 Å². The number of benzene rings is 1. The Balaban J connectivity index is 2.33. The molecule has 2 rings (SSSR count). The Bertz CT molecular complexity index is 582. The zero-order valence-electron chi connectivity index (χ0n) is 10.7. The quantitative estimate of drug-likeness (QED) is 0.858. The van der Waals surface area contributed by atoms with Gasteiger partial charge in [-0.05, 0) is 26.0 Å². The van der Waals surface area contributed by atoms with Crippen molar-refractivity contribution >= 4 is 22.8 Å².